The van der Waals surface area contributed by atoms with Crippen LogP contribution in [0.2, 0.25) is 0 Å². The standard InChI is InChI=1S/C12H17N3O3.ClH/c13-9(12(18)15-6-1-2-7-15)10(16)8-4-3-5-14-11(8)17;/h3-5,9-10,16H,1-2,6-7,13H2,(H,14,17);1H. The molecular weight excluding hydrogens is 270 g/mol. The first-order valence-corrected chi connectivity index (χ1v) is 6.01. The van der Waals surface area contributed by atoms with Gasteiger partial charge in [0.2, 0.25) is 5.91 Å². The quantitative estimate of drug-likeness (QED) is 0.715. The van der Waals surface area contributed by atoms with Crippen LogP contribution in [-0.4, -0.2) is 40.0 Å². The van der Waals surface area contributed by atoms with Crippen molar-refractivity contribution in [2.75, 3.05) is 13.1 Å². The van der Waals surface area contributed by atoms with Crippen LogP contribution >= 0.6 is 12.4 Å². The smallest absolute Gasteiger partial charge is 0.253 e. The predicted octanol–water partition coefficient (Wildman–Crippen LogP) is -0.220. The second kappa shape index (κ2) is 6.70. The zero-order chi connectivity index (χ0) is 13.1. The Labute approximate surface area is 117 Å². The average Bonchev–Trinajstić information content (AvgIpc) is 2.90. The summed E-state index contributed by atoms with van der Waals surface area (Å²) >= 11 is 0. The summed E-state index contributed by atoms with van der Waals surface area (Å²) in [6, 6.07) is 1.97. The van der Waals surface area contributed by atoms with Crippen LogP contribution in [0.1, 0.15) is 24.5 Å². The summed E-state index contributed by atoms with van der Waals surface area (Å²) < 4.78 is 0. The van der Waals surface area contributed by atoms with Crippen molar-refractivity contribution in [3.05, 3.63) is 34.2 Å². The van der Waals surface area contributed by atoms with E-state index in [1.807, 2.05) is 0 Å². The maximum atomic E-state index is 12.0. The first-order valence-electron chi connectivity index (χ1n) is 6.01. The van der Waals surface area contributed by atoms with E-state index in [0.29, 0.717) is 13.1 Å². The molecule has 1 aliphatic rings. The topological polar surface area (TPSA) is 99.4 Å². The van der Waals surface area contributed by atoms with E-state index in [9.17, 15) is 14.7 Å². The van der Waals surface area contributed by atoms with Gasteiger partial charge >= 0.3 is 0 Å². The average molecular weight is 288 g/mol. The van der Waals surface area contributed by atoms with Gasteiger partial charge in [-0.05, 0) is 25.0 Å². The third kappa shape index (κ3) is 3.34. The molecular formula is C12H18ClN3O3. The third-order valence-electron chi connectivity index (χ3n) is 3.21. The zero-order valence-corrected chi connectivity index (χ0v) is 11.2. The van der Waals surface area contributed by atoms with Crippen LogP contribution in [-0.2, 0) is 4.79 Å². The highest BCUT2D eigenvalue weighted by Gasteiger charge is 2.30. The van der Waals surface area contributed by atoms with Gasteiger partial charge in [-0.1, -0.05) is 0 Å². The third-order valence-corrected chi connectivity index (χ3v) is 3.21. The van der Waals surface area contributed by atoms with Gasteiger partial charge in [0.05, 0.1) is 0 Å². The number of likely N-dealkylation sites (tertiary alicyclic amines) is 1. The number of rotatable bonds is 3. The number of H-pyrrole nitrogens is 1. The second-order valence-electron chi connectivity index (χ2n) is 4.46. The molecule has 2 rings (SSSR count). The molecule has 1 amide bonds. The molecule has 1 aromatic rings. The van der Waals surface area contributed by atoms with Crippen LogP contribution in [0.15, 0.2) is 23.1 Å². The molecule has 0 saturated carbocycles. The van der Waals surface area contributed by atoms with Crippen LogP contribution < -0.4 is 11.3 Å². The number of aliphatic hydroxyl groups excluding tert-OH is 1. The van der Waals surface area contributed by atoms with Crippen molar-refractivity contribution >= 4 is 18.3 Å². The number of aliphatic hydroxyl groups is 1. The van der Waals surface area contributed by atoms with Crippen molar-refractivity contribution in [2.45, 2.75) is 25.0 Å². The van der Waals surface area contributed by atoms with Gasteiger partial charge in [0.1, 0.15) is 12.1 Å². The fourth-order valence-corrected chi connectivity index (χ4v) is 2.14. The molecule has 0 aromatic carbocycles. The van der Waals surface area contributed by atoms with E-state index in [4.69, 9.17) is 5.73 Å². The van der Waals surface area contributed by atoms with Gasteiger partial charge in [0, 0.05) is 24.8 Å². The molecule has 1 aromatic heterocycles. The lowest BCUT2D eigenvalue weighted by Crippen LogP contribution is -2.46. The van der Waals surface area contributed by atoms with Gasteiger partial charge in [-0.2, -0.15) is 0 Å². The fraction of sp³-hybridized carbons (Fsp3) is 0.500. The van der Waals surface area contributed by atoms with Crippen LogP contribution in [0.5, 0.6) is 0 Å². The number of nitrogens with two attached hydrogens (primary N) is 1. The summed E-state index contributed by atoms with van der Waals surface area (Å²) in [7, 11) is 0. The van der Waals surface area contributed by atoms with Crippen molar-refractivity contribution in [1.82, 2.24) is 9.88 Å². The summed E-state index contributed by atoms with van der Waals surface area (Å²) in [4.78, 5) is 27.6. The largest absolute Gasteiger partial charge is 0.386 e. The first-order chi connectivity index (χ1) is 8.61. The maximum absolute atomic E-state index is 12.0. The van der Waals surface area contributed by atoms with Gasteiger partial charge in [-0.25, -0.2) is 0 Å². The highest BCUT2D eigenvalue weighted by molar-refractivity contribution is 5.85. The van der Waals surface area contributed by atoms with Gasteiger partial charge in [0.25, 0.3) is 5.56 Å². The second-order valence-corrected chi connectivity index (χ2v) is 4.46. The minimum atomic E-state index is -1.27. The van der Waals surface area contributed by atoms with E-state index < -0.39 is 17.7 Å². The number of halogens is 1. The van der Waals surface area contributed by atoms with Crippen LogP contribution in [0, 0.1) is 0 Å². The molecule has 1 aliphatic heterocycles. The summed E-state index contributed by atoms with van der Waals surface area (Å²) in [5.74, 6) is -0.303. The summed E-state index contributed by atoms with van der Waals surface area (Å²) in [5, 5.41) is 10.0. The molecule has 0 bridgehead atoms. The van der Waals surface area contributed by atoms with E-state index in [2.05, 4.69) is 4.98 Å². The number of carbonyl (C=O) groups excluding carboxylic acids is 1. The molecule has 1 saturated heterocycles. The number of carbonyl (C=O) groups is 1. The molecule has 106 valence electrons. The molecule has 2 heterocycles. The molecule has 7 heteroatoms. The molecule has 0 spiro atoms. The van der Waals surface area contributed by atoms with Gasteiger partial charge < -0.3 is 20.7 Å². The molecule has 2 unspecified atom stereocenters. The molecule has 0 aliphatic carbocycles. The summed E-state index contributed by atoms with van der Waals surface area (Å²) in [6.07, 6.45) is 2.11. The Morgan fingerprint density at radius 2 is 2.05 bits per heavy atom. The van der Waals surface area contributed by atoms with Crippen molar-refractivity contribution in [1.29, 1.82) is 0 Å². The number of nitrogens with one attached hydrogen (secondary N) is 1. The van der Waals surface area contributed by atoms with E-state index in [0.717, 1.165) is 12.8 Å². The lowest BCUT2D eigenvalue weighted by Gasteiger charge is -2.23. The molecule has 1 fully saturated rings. The van der Waals surface area contributed by atoms with E-state index >= 15 is 0 Å². The Balaban J connectivity index is 0.00000180. The number of aromatic amines is 1. The normalized spacial score (nSPS) is 17.7. The number of amides is 1. The van der Waals surface area contributed by atoms with Gasteiger partial charge in [-0.3, -0.25) is 9.59 Å². The molecule has 6 nitrogen and oxygen atoms in total. The van der Waals surface area contributed by atoms with Crippen molar-refractivity contribution in [3.8, 4) is 0 Å². The monoisotopic (exact) mass is 287 g/mol. The zero-order valence-electron chi connectivity index (χ0n) is 10.4. The van der Waals surface area contributed by atoms with E-state index in [1.165, 1.54) is 12.3 Å². The number of hydrogen-bond acceptors (Lipinski definition) is 4. The van der Waals surface area contributed by atoms with Crippen LogP contribution in [0.3, 0.4) is 0 Å². The first kappa shape index (κ1) is 15.7. The van der Waals surface area contributed by atoms with Crippen LogP contribution in [0.25, 0.3) is 0 Å². The highest BCUT2D eigenvalue weighted by Crippen LogP contribution is 2.16. The lowest BCUT2D eigenvalue weighted by molar-refractivity contribution is -0.134. The van der Waals surface area contributed by atoms with Gasteiger partial charge in [0.15, 0.2) is 0 Å². The van der Waals surface area contributed by atoms with E-state index in [1.54, 1.807) is 11.0 Å². The van der Waals surface area contributed by atoms with Crippen molar-refractivity contribution in [3.63, 3.8) is 0 Å². The minimum absolute atomic E-state index is 0. The molecule has 2 atom stereocenters. The van der Waals surface area contributed by atoms with E-state index in [-0.39, 0.29) is 23.9 Å². The predicted molar refractivity (Wildman–Crippen MR) is 73.1 cm³/mol. The van der Waals surface area contributed by atoms with Crippen LogP contribution in [0.4, 0.5) is 0 Å². The van der Waals surface area contributed by atoms with Gasteiger partial charge in [-0.15, -0.1) is 12.4 Å². The molecule has 19 heavy (non-hydrogen) atoms. The molecule has 0 radical (unpaired) electrons. The maximum Gasteiger partial charge on any atom is 0.253 e. The Hall–Kier alpha value is -1.37. The van der Waals surface area contributed by atoms with Crippen molar-refractivity contribution in [2.24, 2.45) is 5.73 Å². The minimum Gasteiger partial charge on any atom is -0.386 e. The number of aromatic nitrogens is 1. The number of hydrogen-bond donors (Lipinski definition) is 3. The Kier molecular flexibility index (Phi) is 5.53. The lowest BCUT2D eigenvalue weighted by atomic mass is 10.0. The summed E-state index contributed by atoms with van der Waals surface area (Å²) in [6.45, 7) is 1.34. The fourth-order valence-electron chi connectivity index (χ4n) is 2.14. The number of pyridine rings is 1. The Morgan fingerprint density at radius 1 is 1.42 bits per heavy atom. The summed E-state index contributed by atoms with van der Waals surface area (Å²) in [5.41, 5.74) is 5.45. The SMILES string of the molecule is Cl.NC(C(=O)N1CCCC1)C(O)c1ccc[nH]c1=O. The van der Waals surface area contributed by atoms with Crippen molar-refractivity contribution < 1.29 is 9.90 Å². The molecule has 4 N–H and O–H groups in total. The Bertz CT molecular complexity index is 485. The highest BCUT2D eigenvalue weighted by atomic mass is 35.5. The number of nitrogens with zero attached hydrogens (tertiary/aromatic N) is 1. The Morgan fingerprint density at radius 3 is 2.63 bits per heavy atom.